The minimum atomic E-state index is -0.698. The predicted octanol–water partition coefficient (Wildman–Crippen LogP) is 1.60. The summed E-state index contributed by atoms with van der Waals surface area (Å²) in [6.45, 7) is 3.43. The standard InChI is InChI=1S/C12H20N2O2/c1-3-11(12(15)16)9-14(2)7-5-10-4-6-13-8-10/h4,6,8,11,13H,3,5,7,9H2,1-2H3,(H,15,16). The zero-order valence-corrected chi connectivity index (χ0v) is 9.94. The van der Waals surface area contributed by atoms with Crippen LogP contribution in [0.4, 0.5) is 0 Å². The van der Waals surface area contributed by atoms with Crippen LogP contribution in [-0.4, -0.2) is 41.1 Å². The number of carboxylic acid groups (broad SMARTS) is 1. The van der Waals surface area contributed by atoms with Gasteiger partial charge in [-0.25, -0.2) is 0 Å². The maximum absolute atomic E-state index is 10.9. The Kier molecular flexibility index (Phi) is 5.05. The van der Waals surface area contributed by atoms with E-state index in [2.05, 4.69) is 9.88 Å². The lowest BCUT2D eigenvalue weighted by Gasteiger charge is -2.20. The third-order valence-corrected chi connectivity index (χ3v) is 2.82. The van der Waals surface area contributed by atoms with Gasteiger partial charge in [-0.3, -0.25) is 4.79 Å². The van der Waals surface area contributed by atoms with E-state index >= 15 is 0 Å². The molecule has 4 nitrogen and oxygen atoms in total. The highest BCUT2D eigenvalue weighted by atomic mass is 16.4. The number of likely N-dealkylation sites (N-methyl/N-ethyl adjacent to an activating group) is 1. The molecule has 0 fully saturated rings. The number of carboxylic acids is 1. The first-order chi connectivity index (χ1) is 7.63. The summed E-state index contributed by atoms with van der Waals surface area (Å²) >= 11 is 0. The second-order valence-corrected chi connectivity index (χ2v) is 4.17. The smallest absolute Gasteiger partial charge is 0.307 e. The molecule has 0 spiro atoms. The first-order valence-electron chi connectivity index (χ1n) is 5.66. The molecule has 0 bridgehead atoms. The molecule has 1 unspecified atom stereocenters. The highest BCUT2D eigenvalue weighted by Crippen LogP contribution is 2.06. The lowest BCUT2D eigenvalue weighted by atomic mass is 10.1. The average Bonchev–Trinajstić information content (AvgIpc) is 2.75. The van der Waals surface area contributed by atoms with E-state index in [-0.39, 0.29) is 5.92 Å². The third kappa shape index (κ3) is 4.06. The molecule has 0 aliphatic heterocycles. The summed E-state index contributed by atoms with van der Waals surface area (Å²) in [6.07, 6.45) is 5.52. The lowest BCUT2D eigenvalue weighted by molar-refractivity contribution is -0.142. The monoisotopic (exact) mass is 224 g/mol. The van der Waals surface area contributed by atoms with Crippen LogP contribution in [0, 0.1) is 5.92 Å². The summed E-state index contributed by atoms with van der Waals surface area (Å²) in [7, 11) is 1.97. The van der Waals surface area contributed by atoms with E-state index in [9.17, 15) is 4.79 Å². The van der Waals surface area contributed by atoms with Crippen molar-refractivity contribution < 1.29 is 9.90 Å². The van der Waals surface area contributed by atoms with Gasteiger partial charge in [0.2, 0.25) is 0 Å². The fourth-order valence-corrected chi connectivity index (χ4v) is 1.68. The third-order valence-electron chi connectivity index (χ3n) is 2.82. The molecule has 16 heavy (non-hydrogen) atoms. The Morgan fingerprint density at radius 1 is 1.62 bits per heavy atom. The van der Waals surface area contributed by atoms with Crippen LogP contribution in [0.3, 0.4) is 0 Å². The van der Waals surface area contributed by atoms with Crippen molar-refractivity contribution in [3.63, 3.8) is 0 Å². The Morgan fingerprint density at radius 2 is 2.38 bits per heavy atom. The quantitative estimate of drug-likeness (QED) is 0.739. The molecule has 1 heterocycles. The number of rotatable bonds is 7. The van der Waals surface area contributed by atoms with E-state index < -0.39 is 5.97 Å². The van der Waals surface area contributed by atoms with Crippen molar-refractivity contribution in [1.82, 2.24) is 9.88 Å². The molecular weight excluding hydrogens is 204 g/mol. The average molecular weight is 224 g/mol. The largest absolute Gasteiger partial charge is 0.481 e. The summed E-state index contributed by atoms with van der Waals surface area (Å²) in [5.41, 5.74) is 1.26. The summed E-state index contributed by atoms with van der Waals surface area (Å²) in [6, 6.07) is 2.04. The fraction of sp³-hybridized carbons (Fsp3) is 0.583. The van der Waals surface area contributed by atoms with Crippen LogP contribution in [0.2, 0.25) is 0 Å². The van der Waals surface area contributed by atoms with E-state index in [1.807, 2.05) is 32.4 Å². The Bertz CT molecular complexity index is 309. The number of hydrogen-bond donors (Lipinski definition) is 2. The molecule has 0 radical (unpaired) electrons. The van der Waals surface area contributed by atoms with Crippen molar-refractivity contribution in [1.29, 1.82) is 0 Å². The van der Waals surface area contributed by atoms with E-state index in [1.54, 1.807) is 0 Å². The highest BCUT2D eigenvalue weighted by Gasteiger charge is 2.16. The van der Waals surface area contributed by atoms with E-state index in [0.717, 1.165) is 13.0 Å². The van der Waals surface area contributed by atoms with Crippen molar-refractivity contribution >= 4 is 5.97 Å². The number of carbonyl (C=O) groups is 1. The number of H-pyrrole nitrogens is 1. The molecule has 1 atom stereocenters. The summed E-state index contributed by atoms with van der Waals surface area (Å²) in [5.74, 6) is -0.952. The second-order valence-electron chi connectivity index (χ2n) is 4.17. The van der Waals surface area contributed by atoms with Gasteiger partial charge in [0.1, 0.15) is 0 Å². The molecule has 2 N–H and O–H groups in total. The zero-order valence-electron chi connectivity index (χ0n) is 9.94. The first-order valence-corrected chi connectivity index (χ1v) is 5.66. The van der Waals surface area contributed by atoms with Gasteiger partial charge in [0.05, 0.1) is 5.92 Å². The molecule has 1 rings (SSSR count). The maximum Gasteiger partial charge on any atom is 0.307 e. The molecule has 90 valence electrons. The van der Waals surface area contributed by atoms with Crippen molar-refractivity contribution in [3.05, 3.63) is 24.0 Å². The van der Waals surface area contributed by atoms with Crippen molar-refractivity contribution in [2.45, 2.75) is 19.8 Å². The summed E-state index contributed by atoms with van der Waals surface area (Å²) in [4.78, 5) is 16.0. The van der Waals surface area contributed by atoms with Gasteiger partial charge >= 0.3 is 5.97 Å². The number of aliphatic carboxylic acids is 1. The minimum Gasteiger partial charge on any atom is -0.481 e. The van der Waals surface area contributed by atoms with Crippen LogP contribution >= 0.6 is 0 Å². The molecule has 0 aromatic carbocycles. The van der Waals surface area contributed by atoms with E-state index in [1.165, 1.54) is 5.56 Å². The molecule has 0 aliphatic rings. The topological polar surface area (TPSA) is 56.3 Å². The Balaban J connectivity index is 2.29. The van der Waals surface area contributed by atoms with Crippen LogP contribution in [0.5, 0.6) is 0 Å². The minimum absolute atomic E-state index is 0.253. The zero-order chi connectivity index (χ0) is 12.0. The van der Waals surface area contributed by atoms with Crippen LogP contribution < -0.4 is 0 Å². The summed E-state index contributed by atoms with van der Waals surface area (Å²) < 4.78 is 0. The maximum atomic E-state index is 10.9. The van der Waals surface area contributed by atoms with Crippen LogP contribution in [0.15, 0.2) is 18.5 Å². The summed E-state index contributed by atoms with van der Waals surface area (Å²) in [5, 5.41) is 8.94. The van der Waals surface area contributed by atoms with Crippen LogP contribution in [-0.2, 0) is 11.2 Å². The number of nitrogens with one attached hydrogen (secondary N) is 1. The number of aromatic nitrogens is 1. The van der Waals surface area contributed by atoms with Crippen molar-refractivity contribution in [3.8, 4) is 0 Å². The molecule has 0 saturated carbocycles. The molecule has 1 aromatic rings. The van der Waals surface area contributed by atoms with Gasteiger partial charge in [-0.1, -0.05) is 6.92 Å². The van der Waals surface area contributed by atoms with Gasteiger partial charge < -0.3 is 15.0 Å². The van der Waals surface area contributed by atoms with Gasteiger partial charge in [-0.05, 0) is 31.5 Å². The number of hydrogen-bond acceptors (Lipinski definition) is 2. The van der Waals surface area contributed by atoms with Gasteiger partial charge in [-0.15, -0.1) is 0 Å². The van der Waals surface area contributed by atoms with Gasteiger partial charge in [0.15, 0.2) is 0 Å². The van der Waals surface area contributed by atoms with Crippen molar-refractivity contribution in [2.24, 2.45) is 5.92 Å². The van der Waals surface area contributed by atoms with Gasteiger partial charge in [-0.2, -0.15) is 0 Å². The lowest BCUT2D eigenvalue weighted by Crippen LogP contribution is -2.31. The highest BCUT2D eigenvalue weighted by molar-refractivity contribution is 5.70. The van der Waals surface area contributed by atoms with E-state index in [0.29, 0.717) is 13.0 Å². The van der Waals surface area contributed by atoms with Gasteiger partial charge in [0, 0.05) is 25.5 Å². The first kappa shape index (κ1) is 12.8. The Hall–Kier alpha value is -1.29. The van der Waals surface area contributed by atoms with Crippen LogP contribution in [0.25, 0.3) is 0 Å². The molecular formula is C12H20N2O2. The normalized spacial score (nSPS) is 12.9. The SMILES string of the molecule is CCC(CN(C)CCc1cc[nH]c1)C(=O)O. The molecule has 4 heteroatoms. The number of aromatic amines is 1. The van der Waals surface area contributed by atoms with Gasteiger partial charge in [0.25, 0.3) is 0 Å². The Labute approximate surface area is 96.3 Å². The number of nitrogens with zero attached hydrogens (tertiary/aromatic N) is 1. The predicted molar refractivity (Wildman–Crippen MR) is 63.4 cm³/mol. The fourth-order valence-electron chi connectivity index (χ4n) is 1.68. The molecule has 0 saturated heterocycles. The van der Waals surface area contributed by atoms with E-state index in [4.69, 9.17) is 5.11 Å². The Morgan fingerprint density at radius 3 is 2.88 bits per heavy atom. The molecule has 1 aromatic heterocycles. The van der Waals surface area contributed by atoms with Crippen molar-refractivity contribution in [2.75, 3.05) is 20.1 Å². The second kappa shape index (κ2) is 6.33. The molecule has 0 aliphatic carbocycles. The molecule has 0 amide bonds. The van der Waals surface area contributed by atoms with Crippen LogP contribution in [0.1, 0.15) is 18.9 Å².